The molecule has 0 aromatic heterocycles. The molecule has 0 amide bonds. The minimum atomic E-state index is -0.758. The summed E-state index contributed by atoms with van der Waals surface area (Å²) in [5.41, 5.74) is 0. The van der Waals surface area contributed by atoms with Crippen LogP contribution in [0.25, 0.3) is 0 Å². The second-order valence-electron chi connectivity index (χ2n) is 15.2. The molecule has 0 fully saturated rings. The lowest BCUT2D eigenvalue weighted by molar-refractivity contribution is -0.167. The van der Waals surface area contributed by atoms with E-state index in [4.69, 9.17) is 14.2 Å². The first-order chi connectivity index (χ1) is 23.2. The molecule has 0 saturated carbocycles. The van der Waals surface area contributed by atoms with Gasteiger partial charge in [-0.2, -0.15) is 0 Å². The van der Waals surface area contributed by atoms with Gasteiger partial charge in [0, 0.05) is 19.3 Å². The standard InChI is InChI=1S/C42H80O6/c1-6-7-8-9-15-24-29-34-42(45)48-39(36-47-41(44)33-28-23-19-14-17-21-26-31-38(4)5)35-46-40(43)32-27-22-18-13-11-10-12-16-20-25-30-37(2)3/h37-39H,6-36H2,1-5H3/t39-/m0/s1. The number of hydrogen-bond acceptors (Lipinski definition) is 6. The molecule has 1 atom stereocenters. The molecule has 6 nitrogen and oxygen atoms in total. The number of rotatable bonds is 36. The molecule has 0 aliphatic rings. The number of hydrogen-bond donors (Lipinski definition) is 0. The first kappa shape index (κ1) is 46.4. The summed E-state index contributed by atoms with van der Waals surface area (Å²) in [5, 5.41) is 0. The van der Waals surface area contributed by atoms with Crippen molar-refractivity contribution in [1.29, 1.82) is 0 Å². The highest BCUT2D eigenvalue weighted by molar-refractivity contribution is 5.71. The summed E-state index contributed by atoms with van der Waals surface area (Å²) in [4.78, 5) is 37.4. The Bertz CT molecular complexity index is 734. The second-order valence-corrected chi connectivity index (χ2v) is 15.2. The fourth-order valence-corrected chi connectivity index (χ4v) is 6.05. The Morgan fingerprint density at radius 3 is 1.02 bits per heavy atom. The number of carbonyl (C=O) groups excluding carboxylic acids is 3. The van der Waals surface area contributed by atoms with Gasteiger partial charge in [0.1, 0.15) is 13.2 Å². The highest BCUT2D eigenvalue weighted by atomic mass is 16.6. The van der Waals surface area contributed by atoms with E-state index in [0.29, 0.717) is 19.3 Å². The van der Waals surface area contributed by atoms with Crippen molar-refractivity contribution < 1.29 is 28.6 Å². The van der Waals surface area contributed by atoms with Gasteiger partial charge in [0.25, 0.3) is 0 Å². The summed E-state index contributed by atoms with van der Waals surface area (Å²) < 4.78 is 16.6. The second kappa shape index (κ2) is 35.2. The third kappa shape index (κ3) is 35.7. The lowest BCUT2D eigenvalue weighted by Gasteiger charge is -2.18. The SMILES string of the molecule is CCCCCCCCCC(=O)O[C@@H](COC(=O)CCCCCCCCCCCCC(C)C)COC(=O)CCCCCCCCCC(C)C. The minimum absolute atomic E-state index is 0.0666. The molecule has 0 rings (SSSR count). The van der Waals surface area contributed by atoms with Crippen LogP contribution >= 0.6 is 0 Å². The van der Waals surface area contributed by atoms with Crippen LogP contribution in [-0.4, -0.2) is 37.2 Å². The number of unbranched alkanes of at least 4 members (excludes halogenated alkanes) is 21. The Morgan fingerprint density at radius 1 is 0.396 bits per heavy atom. The number of carbonyl (C=O) groups is 3. The van der Waals surface area contributed by atoms with E-state index in [2.05, 4.69) is 34.6 Å². The van der Waals surface area contributed by atoms with Crippen molar-refractivity contribution in [2.45, 2.75) is 227 Å². The average molecular weight is 681 g/mol. The summed E-state index contributed by atoms with van der Waals surface area (Å²) in [6.45, 7) is 11.2. The molecular formula is C42H80O6. The van der Waals surface area contributed by atoms with E-state index in [1.165, 1.54) is 109 Å². The molecule has 0 heterocycles. The van der Waals surface area contributed by atoms with E-state index in [9.17, 15) is 14.4 Å². The zero-order chi connectivity index (χ0) is 35.5. The highest BCUT2D eigenvalue weighted by Crippen LogP contribution is 2.16. The van der Waals surface area contributed by atoms with Crippen LogP contribution in [0.15, 0.2) is 0 Å². The Labute approximate surface area is 298 Å². The van der Waals surface area contributed by atoms with Crippen molar-refractivity contribution in [2.75, 3.05) is 13.2 Å². The molecule has 284 valence electrons. The zero-order valence-corrected chi connectivity index (χ0v) is 32.6. The normalized spacial score (nSPS) is 12.1. The van der Waals surface area contributed by atoms with Crippen LogP contribution in [0.2, 0.25) is 0 Å². The van der Waals surface area contributed by atoms with Gasteiger partial charge in [0.2, 0.25) is 0 Å². The summed E-state index contributed by atoms with van der Waals surface area (Å²) >= 11 is 0. The van der Waals surface area contributed by atoms with Crippen molar-refractivity contribution in [3.05, 3.63) is 0 Å². The van der Waals surface area contributed by atoms with Crippen molar-refractivity contribution >= 4 is 17.9 Å². The van der Waals surface area contributed by atoms with Gasteiger partial charge in [-0.05, 0) is 31.1 Å². The summed E-state index contributed by atoms with van der Waals surface area (Å²) in [5.74, 6) is 0.728. The van der Waals surface area contributed by atoms with Gasteiger partial charge in [-0.15, -0.1) is 0 Å². The molecule has 0 N–H and O–H groups in total. The van der Waals surface area contributed by atoms with Crippen LogP contribution in [0.5, 0.6) is 0 Å². The van der Waals surface area contributed by atoms with Gasteiger partial charge in [0.05, 0.1) is 0 Å². The van der Waals surface area contributed by atoms with E-state index >= 15 is 0 Å². The van der Waals surface area contributed by atoms with Crippen molar-refractivity contribution in [2.24, 2.45) is 11.8 Å². The number of esters is 3. The summed E-state index contributed by atoms with van der Waals surface area (Å²) in [6, 6.07) is 0. The molecule has 0 aliphatic carbocycles. The third-order valence-electron chi connectivity index (χ3n) is 9.22. The summed E-state index contributed by atoms with van der Waals surface area (Å²) in [6.07, 6.45) is 31.1. The third-order valence-corrected chi connectivity index (χ3v) is 9.22. The Balaban J connectivity index is 4.28. The maximum atomic E-state index is 12.6. The zero-order valence-electron chi connectivity index (χ0n) is 32.6. The minimum Gasteiger partial charge on any atom is -0.462 e. The molecule has 0 saturated heterocycles. The fourth-order valence-electron chi connectivity index (χ4n) is 6.05. The summed E-state index contributed by atoms with van der Waals surface area (Å²) in [7, 11) is 0. The highest BCUT2D eigenvalue weighted by Gasteiger charge is 2.19. The molecular weight excluding hydrogens is 600 g/mol. The monoisotopic (exact) mass is 681 g/mol. The van der Waals surface area contributed by atoms with Crippen LogP contribution < -0.4 is 0 Å². The van der Waals surface area contributed by atoms with Gasteiger partial charge in [-0.1, -0.05) is 182 Å². The van der Waals surface area contributed by atoms with E-state index in [0.717, 1.165) is 69.6 Å². The van der Waals surface area contributed by atoms with Crippen molar-refractivity contribution in [3.8, 4) is 0 Å². The van der Waals surface area contributed by atoms with Crippen LogP contribution in [0.4, 0.5) is 0 Å². The molecule has 0 spiro atoms. The van der Waals surface area contributed by atoms with Crippen molar-refractivity contribution in [3.63, 3.8) is 0 Å². The molecule has 6 heteroatoms. The maximum Gasteiger partial charge on any atom is 0.306 e. The first-order valence-electron chi connectivity index (χ1n) is 20.7. The smallest absolute Gasteiger partial charge is 0.306 e. The molecule has 0 aliphatic heterocycles. The molecule has 0 bridgehead atoms. The van der Waals surface area contributed by atoms with Crippen LogP contribution in [0.3, 0.4) is 0 Å². The molecule has 0 aromatic carbocycles. The van der Waals surface area contributed by atoms with Gasteiger partial charge in [0.15, 0.2) is 6.10 Å². The fraction of sp³-hybridized carbons (Fsp3) is 0.929. The van der Waals surface area contributed by atoms with Crippen LogP contribution in [-0.2, 0) is 28.6 Å². The molecule has 0 unspecified atom stereocenters. The van der Waals surface area contributed by atoms with Gasteiger partial charge in [-0.3, -0.25) is 14.4 Å². The van der Waals surface area contributed by atoms with E-state index < -0.39 is 6.10 Å². The molecule has 48 heavy (non-hydrogen) atoms. The molecule has 0 radical (unpaired) electrons. The van der Waals surface area contributed by atoms with Gasteiger partial charge >= 0.3 is 17.9 Å². The quantitative estimate of drug-likeness (QED) is 0.0372. The lowest BCUT2D eigenvalue weighted by atomic mass is 10.0. The van der Waals surface area contributed by atoms with Crippen LogP contribution in [0.1, 0.15) is 221 Å². The van der Waals surface area contributed by atoms with Gasteiger partial charge in [-0.25, -0.2) is 0 Å². The first-order valence-corrected chi connectivity index (χ1v) is 20.7. The van der Waals surface area contributed by atoms with E-state index in [1.807, 2.05) is 0 Å². The largest absolute Gasteiger partial charge is 0.462 e. The Kier molecular flexibility index (Phi) is 34.1. The van der Waals surface area contributed by atoms with Crippen molar-refractivity contribution in [1.82, 2.24) is 0 Å². The number of ether oxygens (including phenoxy) is 3. The average Bonchev–Trinajstić information content (AvgIpc) is 3.04. The van der Waals surface area contributed by atoms with E-state index in [1.54, 1.807) is 0 Å². The van der Waals surface area contributed by atoms with Crippen LogP contribution in [0, 0.1) is 11.8 Å². The molecule has 0 aromatic rings. The predicted octanol–water partition coefficient (Wildman–Crippen LogP) is 12.6. The predicted molar refractivity (Wildman–Crippen MR) is 201 cm³/mol. The van der Waals surface area contributed by atoms with E-state index in [-0.39, 0.29) is 31.1 Å². The maximum absolute atomic E-state index is 12.6. The Hall–Kier alpha value is -1.59. The Morgan fingerprint density at radius 2 is 0.688 bits per heavy atom. The topological polar surface area (TPSA) is 78.9 Å². The van der Waals surface area contributed by atoms with Gasteiger partial charge < -0.3 is 14.2 Å². The lowest BCUT2D eigenvalue weighted by Crippen LogP contribution is -2.30.